The maximum absolute atomic E-state index is 6.20. The minimum absolute atomic E-state index is 0.0827. The number of fused-ring (bicyclic) bond motifs is 5. The summed E-state index contributed by atoms with van der Waals surface area (Å²) in [5.41, 5.74) is 2.13. The Bertz CT molecular complexity index is 755. The van der Waals surface area contributed by atoms with Crippen LogP contribution in [0.15, 0.2) is 30.3 Å². The van der Waals surface area contributed by atoms with E-state index in [1.807, 2.05) is 30.3 Å². The van der Waals surface area contributed by atoms with E-state index in [1.165, 1.54) is 0 Å². The molecule has 0 saturated carbocycles. The summed E-state index contributed by atoms with van der Waals surface area (Å²) in [6.45, 7) is 0.576. The highest BCUT2D eigenvalue weighted by molar-refractivity contribution is 5.56. The van der Waals surface area contributed by atoms with E-state index in [0.29, 0.717) is 18.1 Å². The van der Waals surface area contributed by atoms with E-state index in [9.17, 15) is 0 Å². The number of ether oxygens (including phenoxy) is 5. The fourth-order valence-electron chi connectivity index (χ4n) is 3.29. The molecule has 2 aromatic rings. The Balaban J connectivity index is 1.77. The monoisotopic (exact) mass is 314 g/mol. The molecule has 0 bridgehead atoms. The Morgan fingerprint density at radius 3 is 2.39 bits per heavy atom. The molecule has 0 fully saturated rings. The van der Waals surface area contributed by atoms with E-state index < -0.39 is 0 Å². The van der Waals surface area contributed by atoms with E-state index in [1.54, 1.807) is 21.3 Å². The highest BCUT2D eigenvalue weighted by Gasteiger charge is 2.41. The molecular formula is C18H18O5. The van der Waals surface area contributed by atoms with Crippen molar-refractivity contribution in [1.82, 2.24) is 0 Å². The molecule has 0 N–H and O–H groups in total. The van der Waals surface area contributed by atoms with Crippen LogP contribution in [0.1, 0.15) is 23.1 Å². The van der Waals surface area contributed by atoms with Gasteiger partial charge in [0.05, 0.1) is 33.9 Å². The third kappa shape index (κ3) is 2.07. The van der Waals surface area contributed by atoms with Crippen molar-refractivity contribution in [3.8, 4) is 28.7 Å². The summed E-state index contributed by atoms with van der Waals surface area (Å²) in [5, 5.41) is 0. The van der Waals surface area contributed by atoms with Gasteiger partial charge in [0.2, 0.25) is 0 Å². The van der Waals surface area contributed by atoms with E-state index in [4.69, 9.17) is 23.7 Å². The van der Waals surface area contributed by atoms with Crippen molar-refractivity contribution in [2.75, 3.05) is 27.9 Å². The van der Waals surface area contributed by atoms with Gasteiger partial charge in [-0.15, -0.1) is 0 Å². The second kappa shape index (κ2) is 5.26. The third-order valence-electron chi connectivity index (χ3n) is 4.48. The average Bonchev–Trinajstić information content (AvgIpc) is 2.98. The molecule has 4 rings (SSSR count). The molecule has 0 saturated heterocycles. The first-order valence-electron chi connectivity index (χ1n) is 7.48. The van der Waals surface area contributed by atoms with Gasteiger partial charge in [-0.25, -0.2) is 0 Å². The highest BCUT2D eigenvalue weighted by Crippen LogP contribution is 2.53. The van der Waals surface area contributed by atoms with Gasteiger partial charge in [0.15, 0.2) is 11.5 Å². The van der Waals surface area contributed by atoms with Gasteiger partial charge in [-0.05, 0) is 12.1 Å². The normalized spacial score (nSPS) is 20.5. The van der Waals surface area contributed by atoms with Gasteiger partial charge in [-0.2, -0.15) is 0 Å². The molecule has 2 aliphatic heterocycles. The first-order chi connectivity index (χ1) is 11.2. The number of rotatable bonds is 3. The number of hydrogen-bond acceptors (Lipinski definition) is 5. The van der Waals surface area contributed by atoms with Crippen LogP contribution in [-0.2, 0) is 0 Å². The Morgan fingerprint density at radius 1 is 0.870 bits per heavy atom. The number of benzene rings is 2. The fourth-order valence-corrected chi connectivity index (χ4v) is 3.29. The fraction of sp³-hybridized carbons (Fsp3) is 0.333. The second-order valence-electron chi connectivity index (χ2n) is 5.60. The lowest BCUT2D eigenvalue weighted by atomic mass is 9.89. The Kier molecular flexibility index (Phi) is 3.22. The van der Waals surface area contributed by atoms with Crippen molar-refractivity contribution in [2.45, 2.75) is 12.0 Å². The molecule has 2 atom stereocenters. The zero-order chi connectivity index (χ0) is 16.0. The molecule has 2 aromatic carbocycles. The molecule has 0 unspecified atom stereocenters. The van der Waals surface area contributed by atoms with Gasteiger partial charge < -0.3 is 23.7 Å². The second-order valence-corrected chi connectivity index (χ2v) is 5.60. The van der Waals surface area contributed by atoms with Gasteiger partial charge in [0, 0.05) is 23.3 Å². The van der Waals surface area contributed by atoms with Gasteiger partial charge >= 0.3 is 0 Å². The quantitative estimate of drug-likeness (QED) is 0.869. The maximum Gasteiger partial charge on any atom is 0.164 e. The van der Waals surface area contributed by atoms with E-state index >= 15 is 0 Å². The van der Waals surface area contributed by atoms with Gasteiger partial charge in [-0.3, -0.25) is 0 Å². The van der Waals surface area contributed by atoms with E-state index in [2.05, 4.69) is 0 Å². The van der Waals surface area contributed by atoms with E-state index in [-0.39, 0.29) is 12.0 Å². The molecule has 0 aliphatic carbocycles. The summed E-state index contributed by atoms with van der Waals surface area (Å²) in [5.74, 6) is 3.92. The standard InChI is InChI=1S/C18H18O5/c1-19-10-4-5-11-13-9-22-14-8-17(21-3)16(20-2)7-12(14)18(13)23-15(11)6-10/h4-8,13,18H,9H2,1-3H3/t13-,18-/m0/s1. The zero-order valence-corrected chi connectivity index (χ0v) is 13.3. The molecule has 0 amide bonds. The molecule has 23 heavy (non-hydrogen) atoms. The molecule has 0 spiro atoms. The Morgan fingerprint density at radius 2 is 1.65 bits per heavy atom. The summed E-state index contributed by atoms with van der Waals surface area (Å²) in [7, 11) is 4.89. The molecular weight excluding hydrogens is 296 g/mol. The minimum Gasteiger partial charge on any atom is -0.497 e. The summed E-state index contributed by atoms with van der Waals surface area (Å²) >= 11 is 0. The molecule has 5 nitrogen and oxygen atoms in total. The predicted molar refractivity (Wildman–Crippen MR) is 84.1 cm³/mol. The van der Waals surface area contributed by atoms with Crippen LogP contribution in [-0.4, -0.2) is 27.9 Å². The van der Waals surface area contributed by atoms with Crippen molar-refractivity contribution >= 4 is 0 Å². The van der Waals surface area contributed by atoms with Gasteiger partial charge in [-0.1, -0.05) is 6.07 Å². The largest absolute Gasteiger partial charge is 0.497 e. The zero-order valence-electron chi connectivity index (χ0n) is 13.3. The molecule has 5 heteroatoms. The van der Waals surface area contributed by atoms with Crippen LogP contribution in [0, 0.1) is 0 Å². The number of methoxy groups -OCH3 is 3. The smallest absolute Gasteiger partial charge is 0.164 e. The lowest BCUT2D eigenvalue weighted by Crippen LogP contribution is -2.23. The van der Waals surface area contributed by atoms with Crippen LogP contribution in [0.25, 0.3) is 0 Å². The van der Waals surface area contributed by atoms with Crippen molar-refractivity contribution in [3.63, 3.8) is 0 Å². The molecule has 120 valence electrons. The van der Waals surface area contributed by atoms with Crippen LogP contribution in [0.5, 0.6) is 28.7 Å². The van der Waals surface area contributed by atoms with E-state index in [0.717, 1.165) is 28.4 Å². The Hall–Kier alpha value is -2.56. The van der Waals surface area contributed by atoms with Crippen LogP contribution < -0.4 is 23.7 Å². The number of hydrogen-bond donors (Lipinski definition) is 0. The topological polar surface area (TPSA) is 46.2 Å². The van der Waals surface area contributed by atoms with Gasteiger partial charge in [0.25, 0.3) is 0 Å². The molecule has 2 heterocycles. The first kappa shape index (κ1) is 14.1. The Labute approximate surface area is 134 Å². The summed E-state index contributed by atoms with van der Waals surface area (Å²) in [6, 6.07) is 9.72. The van der Waals surface area contributed by atoms with Crippen molar-refractivity contribution in [2.24, 2.45) is 0 Å². The SMILES string of the molecule is COc1ccc2c(c1)O[C@H]1c3cc(OC)c(OC)cc3OC[C@@H]21. The van der Waals surface area contributed by atoms with Crippen LogP contribution >= 0.6 is 0 Å². The summed E-state index contributed by atoms with van der Waals surface area (Å²) in [4.78, 5) is 0. The molecule has 2 aliphatic rings. The first-order valence-corrected chi connectivity index (χ1v) is 7.48. The van der Waals surface area contributed by atoms with Crippen LogP contribution in [0.4, 0.5) is 0 Å². The average molecular weight is 314 g/mol. The lowest BCUT2D eigenvalue weighted by Gasteiger charge is -2.28. The minimum atomic E-state index is -0.0827. The van der Waals surface area contributed by atoms with Gasteiger partial charge in [0.1, 0.15) is 23.4 Å². The van der Waals surface area contributed by atoms with Crippen LogP contribution in [0.3, 0.4) is 0 Å². The predicted octanol–water partition coefficient (Wildman–Crippen LogP) is 3.32. The maximum atomic E-state index is 6.20. The lowest BCUT2D eigenvalue weighted by molar-refractivity contribution is 0.138. The summed E-state index contributed by atoms with van der Waals surface area (Å²) in [6.07, 6.45) is -0.0827. The van der Waals surface area contributed by atoms with Crippen molar-refractivity contribution < 1.29 is 23.7 Å². The third-order valence-corrected chi connectivity index (χ3v) is 4.48. The van der Waals surface area contributed by atoms with Crippen molar-refractivity contribution in [1.29, 1.82) is 0 Å². The summed E-state index contributed by atoms with van der Waals surface area (Å²) < 4.78 is 28.2. The van der Waals surface area contributed by atoms with Crippen molar-refractivity contribution in [3.05, 3.63) is 41.5 Å². The molecule has 0 aromatic heterocycles. The van der Waals surface area contributed by atoms with Crippen LogP contribution in [0.2, 0.25) is 0 Å². The molecule has 0 radical (unpaired) electrons. The highest BCUT2D eigenvalue weighted by atomic mass is 16.5.